The van der Waals surface area contributed by atoms with Crippen LogP contribution in [-0.2, 0) is 17.8 Å². The van der Waals surface area contributed by atoms with Crippen molar-refractivity contribution in [1.29, 1.82) is 0 Å². The lowest BCUT2D eigenvalue weighted by Crippen LogP contribution is -2.46. The van der Waals surface area contributed by atoms with Gasteiger partial charge in [0.25, 0.3) is 0 Å². The first kappa shape index (κ1) is 23.0. The van der Waals surface area contributed by atoms with Crippen LogP contribution in [0, 0.1) is 0 Å². The molecule has 2 aromatic carbocycles. The van der Waals surface area contributed by atoms with E-state index in [0.717, 1.165) is 23.2 Å². The number of likely N-dealkylation sites (tertiary alicyclic amines) is 1. The van der Waals surface area contributed by atoms with Gasteiger partial charge in [0, 0.05) is 30.4 Å². The summed E-state index contributed by atoms with van der Waals surface area (Å²) in [4.78, 5) is 15.8. The van der Waals surface area contributed by atoms with E-state index in [9.17, 15) is 4.79 Å². The van der Waals surface area contributed by atoms with Crippen LogP contribution in [-0.4, -0.2) is 22.9 Å². The van der Waals surface area contributed by atoms with E-state index < -0.39 is 0 Å². The summed E-state index contributed by atoms with van der Waals surface area (Å²) in [5.41, 5.74) is 11.7. The number of amides is 1. The van der Waals surface area contributed by atoms with E-state index in [0.29, 0.717) is 24.7 Å². The Hall–Kier alpha value is -2.17. The third-order valence-corrected chi connectivity index (χ3v) is 7.60. The molecule has 4 unspecified atom stereocenters. The predicted molar refractivity (Wildman–Crippen MR) is 133 cm³/mol. The van der Waals surface area contributed by atoms with Gasteiger partial charge in [-0.25, -0.2) is 0 Å². The minimum atomic E-state index is -0.168. The Morgan fingerprint density at radius 2 is 1.88 bits per heavy atom. The molecule has 3 N–H and O–H groups in total. The van der Waals surface area contributed by atoms with Gasteiger partial charge in [-0.05, 0) is 67.9 Å². The molecule has 172 valence electrons. The summed E-state index contributed by atoms with van der Waals surface area (Å²) >= 11 is 0. The van der Waals surface area contributed by atoms with Gasteiger partial charge in [-0.2, -0.15) is 0 Å². The number of nitrogens with one attached hydrogen (secondary N) is 1. The predicted octanol–water partition coefficient (Wildman–Crippen LogP) is 5.92. The largest absolute Gasteiger partial charge is 0.326 e. The molecule has 1 fully saturated rings. The van der Waals surface area contributed by atoms with Crippen LogP contribution in [0.15, 0.2) is 42.5 Å². The van der Waals surface area contributed by atoms with Crippen molar-refractivity contribution < 1.29 is 4.79 Å². The lowest BCUT2D eigenvalue weighted by Gasteiger charge is -2.45. The van der Waals surface area contributed by atoms with Crippen molar-refractivity contribution in [3.8, 4) is 0 Å². The van der Waals surface area contributed by atoms with Crippen molar-refractivity contribution in [2.45, 2.75) is 96.3 Å². The van der Waals surface area contributed by atoms with E-state index >= 15 is 0 Å². The van der Waals surface area contributed by atoms with Crippen LogP contribution in [0.25, 0.3) is 0 Å². The molecule has 0 aliphatic carbocycles. The first-order valence-corrected chi connectivity index (χ1v) is 12.5. The van der Waals surface area contributed by atoms with E-state index in [1.165, 1.54) is 49.7 Å². The van der Waals surface area contributed by atoms with Crippen LogP contribution in [0.3, 0.4) is 0 Å². The van der Waals surface area contributed by atoms with Crippen LogP contribution < -0.4 is 11.1 Å². The number of carbonyl (C=O) groups excluding carboxylic acids is 1. The molecule has 32 heavy (non-hydrogen) atoms. The third-order valence-electron chi connectivity index (χ3n) is 7.60. The molecule has 1 amide bonds. The smallest absolute Gasteiger partial charge is 0.232 e. The Labute approximate surface area is 193 Å². The summed E-state index contributed by atoms with van der Waals surface area (Å²) in [6.45, 7) is 7.56. The Morgan fingerprint density at radius 1 is 1.12 bits per heavy atom. The molecule has 4 rings (SSSR count). The second kappa shape index (κ2) is 10.2. The van der Waals surface area contributed by atoms with Crippen molar-refractivity contribution in [3.05, 3.63) is 64.7 Å². The van der Waals surface area contributed by atoms with Gasteiger partial charge in [0.15, 0.2) is 0 Å². The molecule has 4 heteroatoms. The van der Waals surface area contributed by atoms with Crippen molar-refractivity contribution in [2.24, 2.45) is 5.73 Å². The highest BCUT2D eigenvalue weighted by Crippen LogP contribution is 2.42. The number of unbranched alkanes of at least 4 members (excludes halogenated alkanes) is 1. The Kier molecular flexibility index (Phi) is 7.32. The molecule has 0 radical (unpaired) electrons. The van der Waals surface area contributed by atoms with E-state index in [4.69, 9.17) is 5.73 Å². The van der Waals surface area contributed by atoms with Crippen molar-refractivity contribution in [2.75, 3.05) is 5.32 Å². The molecule has 4 nitrogen and oxygen atoms in total. The molecule has 0 aromatic heterocycles. The normalized spacial score (nSPS) is 24.6. The van der Waals surface area contributed by atoms with E-state index in [-0.39, 0.29) is 11.8 Å². The molecule has 0 spiro atoms. The van der Waals surface area contributed by atoms with Crippen molar-refractivity contribution >= 4 is 11.6 Å². The molecule has 2 aliphatic rings. The highest BCUT2D eigenvalue weighted by molar-refractivity contribution is 5.99. The molecule has 0 saturated carbocycles. The van der Waals surface area contributed by atoms with Gasteiger partial charge in [0.1, 0.15) is 0 Å². The topological polar surface area (TPSA) is 58.4 Å². The molecular weight excluding hydrogens is 394 g/mol. The monoisotopic (exact) mass is 433 g/mol. The van der Waals surface area contributed by atoms with Crippen LogP contribution in [0.2, 0.25) is 0 Å². The minimum Gasteiger partial charge on any atom is -0.326 e. The zero-order chi connectivity index (χ0) is 22.7. The number of hydrogen-bond acceptors (Lipinski definition) is 3. The molecule has 2 aliphatic heterocycles. The molecule has 2 aromatic rings. The first-order chi connectivity index (χ1) is 15.5. The fourth-order valence-electron chi connectivity index (χ4n) is 5.90. The number of fused-ring (bicyclic) bond motifs is 1. The van der Waals surface area contributed by atoms with Crippen LogP contribution >= 0.6 is 0 Å². The number of rotatable bonds is 7. The number of carbonyl (C=O) groups is 1. The lowest BCUT2D eigenvalue weighted by atomic mass is 9.81. The average Bonchev–Trinajstić information content (AvgIpc) is 2.80. The Balaban J connectivity index is 1.73. The Morgan fingerprint density at radius 3 is 2.59 bits per heavy atom. The maximum atomic E-state index is 13.1. The summed E-state index contributed by atoms with van der Waals surface area (Å²) in [6.07, 6.45) is 8.21. The minimum absolute atomic E-state index is 0.0913. The molecule has 1 saturated heterocycles. The summed E-state index contributed by atoms with van der Waals surface area (Å²) < 4.78 is 0. The van der Waals surface area contributed by atoms with Crippen molar-refractivity contribution in [1.82, 2.24) is 4.90 Å². The molecule has 0 bridgehead atoms. The number of hydrogen-bond donors (Lipinski definition) is 2. The van der Waals surface area contributed by atoms with Crippen LogP contribution in [0.5, 0.6) is 0 Å². The third kappa shape index (κ3) is 4.62. The highest BCUT2D eigenvalue weighted by atomic mass is 16.1. The zero-order valence-electron chi connectivity index (χ0n) is 19.9. The fourth-order valence-corrected chi connectivity index (χ4v) is 5.90. The fraction of sp³-hybridized carbons (Fsp3) is 0.536. The Bertz CT molecular complexity index is 930. The maximum absolute atomic E-state index is 13.1. The summed E-state index contributed by atoms with van der Waals surface area (Å²) in [5, 5.41) is 3.23. The number of nitrogens with zero attached hydrogens (tertiary/aromatic N) is 1. The van der Waals surface area contributed by atoms with Crippen LogP contribution in [0.1, 0.15) is 93.5 Å². The van der Waals surface area contributed by atoms with Gasteiger partial charge in [0.05, 0.1) is 5.92 Å². The second-order valence-electron chi connectivity index (χ2n) is 9.80. The second-order valence-corrected chi connectivity index (χ2v) is 9.80. The quantitative estimate of drug-likeness (QED) is 0.570. The van der Waals surface area contributed by atoms with Gasteiger partial charge in [0.2, 0.25) is 5.91 Å². The summed E-state index contributed by atoms with van der Waals surface area (Å²) in [6, 6.07) is 16.3. The maximum Gasteiger partial charge on any atom is 0.232 e. The number of piperidine rings is 1. The average molecular weight is 434 g/mol. The van der Waals surface area contributed by atoms with Crippen LogP contribution in [0.4, 0.5) is 5.69 Å². The lowest BCUT2D eigenvalue weighted by molar-refractivity contribution is -0.117. The standard InChI is InChI=1S/C28H39N3O/c1-4-5-15-27(31-19(2)9-6-10-20(31)3)23-13-8-14-26-25(23)17-24(28(32)30-26)22-12-7-11-21(16-22)18-29/h7-8,11-14,16,19-20,24,27H,4-6,9-10,15,17-18,29H2,1-3H3,(H,30,32). The number of benzene rings is 2. The molecular formula is C28H39N3O. The molecule has 2 heterocycles. The zero-order valence-corrected chi connectivity index (χ0v) is 19.9. The van der Waals surface area contributed by atoms with E-state index in [1.807, 2.05) is 12.1 Å². The van der Waals surface area contributed by atoms with Gasteiger partial charge >= 0.3 is 0 Å². The summed E-state index contributed by atoms with van der Waals surface area (Å²) in [5.74, 6) is -0.0770. The number of nitrogens with two attached hydrogens (primary N) is 1. The first-order valence-electron chi connectivity index (χ1n) is 12.5. The van der Waals surface area contributed by atoms with Gasteiger partial charge in [-0.1, -0.05) is 62.6 Å². The van der Waals surface area contributed by atoms with Gasteiger partial charge in [-0.15, -0.1) is 0 Å². The van der Waals surface area contributed by atoms with Gasteiger partial charge < -0.3 is 11.1 Å². The van der Waals surface area contributed by atoms with Crippen molar-refractivity contribution in [3.63, 3.8) is 0 Å². The number of anilines is 1. The SMILES string of the molecule is CCCCC(c1cccc2c1CC(c1cccc(CN)c1)C(=O)N2)N1C(C)CCCC1C. The van der Waals surface area contributed by atoms with E-state index in [1.54, 1.807) is 0 Å². The summed E-state index contributed by atoms with van der Waals surface area (Å²) in [7, 11) is 0. The molecule has 4 atom stereocenters. The van der Waals surface area contributed by atoms with Gasteiger partial charge in [-0.3, -0.25) is 9.69 Å². The highest BCUT2D eigenvalue weighted by Gasteiger charge is 2.35. The van der Waals surface area contributed by atoms with E-state index in [2.05, 4.69) is 61.3 Å².